The summed E-state index contributed by atoms with van der Waals surface area (Å²) in [5.74, 6) is 0. The first-order valence-electron chi connectivity index (χ1n) is 10.5. The number of aliphatic hydroxyl groups is 3. The lowest BCUT2D eigenvalue weighted by atomic mass is 9.97. The molecule has 0 saturated carbocycles. The van der Waals surface area contributed by atoms with Crippen LogP contribution < -0.4 is 5.49 Å². The van der Waals surface area contributed by atoms with E-state index in [1.165, 1.54) is 21.8 Å². The number of aliphatic hydroxyl groups excluding tert-OH is 2. The van der Waals surface area contributed by atoms with E-state index < -0.39 is 43.1 Å². The van der Waals surface area contributed by atoms with Crippen molar-refractivity contribution in [2.24, 2.45) is 7.05 Å². The van der Waals surface area contributed by atoms with Crippen molar-refractivity contribution in [2.75, 3.05) is 0 Å². The van der Waals surface area contributed by atoms with E-state index in [1.807, 2.05) is 0 Å². The van der Waals surface area contributed by atoms with Crippen LogP contribution in [0.25, 0.3) is 11.2 Å². The Morgan fingerprint density at radius 2 is 1.84 bits per heavy atom. The molecule has 1 aliphatic rings. The lowest BCUT2D eigenvalue weighted by Crippen LogP contribution is -2.39. The molecule has 0 aliphatic carbocycles. The van der Waals surface area contributed by atoms with Crippen LogP contribution in [-0.4, -0.2) is 68.6 Å². The summed E-state index contributed by atoms with van der Waals surface area (Å²) < 4.78 is 27.1. The third-order valence-corrected chi connectivity index (χ3v) is 8.46. The summed E-state index contributed by atoms with van der Waals surface area (Å²) >= 11 is 0. The van der Waals surface area contributed by atoms with Gasteiger partial charge in [0.25, 0.3) is 0 Å². The van der Waals surface area contributed by atoms with Crippen molar-refractivity contribution in [1.29, 1.82) is 5.41 Å². The number of nitrogens with one attached hydrogen (secondary N) is 1. The van der Waals surface area contributed by atoms with Crippen LogP contribution in [0.2, 0.25) is 0 Å². The molecule has 1 aliphatic heterocycles. The fourth-order valence-electron chi connectivity index (χ4n) is 3.92. The Hall–Kier alpha value is -1.66. The highest BCUT2D eigenvalue weighted by Crippen LogP contribution is 2.60. The number of imidazole rings is 1. The molecule has 0 amide bonds. The monoisotopic (exact) mass is 473 g/mol. The zero-order valence-electron chi connectivity index (χ0n) is 18.8. The van der Waals surface area contributed by atoms with E-state index in [0.29, 0.717) is 11.2 Å². The summed E-state index contributed by atoms with van der Waals surface area (Å²) in [5, 5.41) is 37.9. The standard InChI is InChI=1S/C19H32N5O7P/c1-6-19(27,7-2)32(28,29)31-18(3,4)8-11-13(25)14(26)17(30-11)24-10-21-12-15(20)23(5)9-22-16(12)24/h9-11,13-14,17,20,25-27H,6-8H2,1-5H3,(H,28,29)/t11?,13?,14-,17-/m1/s1. The third-order valence-electron chi connectivity index (χ3n) is 6.03. The summed E-state index contributed by atoms with van der Waals surface area (Å²) in [6.07, 6.45) is -1.75. The summed E-state index contributed by atoms with van der Waals surface area (Å²) in [6, 6.07) is 0. The Morgan fingerprint density at radius 3 is 2.44 bits per heavy atom. The highest BCUT2D eigenvalue weighted by atomic mass is 31.2. The van der Waals surface area contributed by atoms with Gasteiger partial charge in [0.1, 0.15) is 17.7 Å². The maximum absolute atomic E-state index is 12.8. The molecule has 3 rings (SSSR count). The first-order valence-corrected chi connectivity index (χ1v) is 12.0. The van der Waals surface area contributed by atoms with Crippen LogP contribution in [0.3, 0.4) is 0 Å². The minimum atomic E-state index is -4.43. The smallest absolute Gasteiger partial charge is 0.359 e. The number of rotatable bonds is 8. The molecule has 180 valence electrons. The van der Waals surface area contributed by atoms with Gasteiger partial charge in [0, 0.05) is 13.5 Å². The van der Waals surface area contributed by atoms with Crippen molar-refractivity contribution in [3.63, 3.8) is 0 Å². The van der Waals surface area contributed by atoms with E-state index in [-0.39, 0.29) is 24.8 Å². The maximum atomic E-state index is 12.8. The Kier molecular flexibility index (Phi) is 6.71. The van der Waals surface area contributed by atoms with Gasteiger partial charge in [-0.3, -0.25) is 14.5 Å². The van der Waals surface area contributed by atoms with Crippen LogP contribution in [0.5, 0.6) is 0 Å². The molecular formula is C19H32N5O7P. The van der Waals surface area contributed by atoms with Crippen LogP contribution in [0.15, 0.2) is 12.7 Å². The number of nitrogens with zero attached hydrogens (tertiary/aromatic N) is 4. The van der Waals surface area contributed by atoms with Crippen molar-refractivity contribution >= 4 is 18.8 Å². The Balaban J connectivity index is 1.82. The average molecular weight is 473 g/mol. The minimum Gasteiger partial charge on any atom is -0.388 e. The van der Waals surface area contributed by atoms with Crippen LogP contribution >= 0.6 is 7.60 Å². The van der Waals surface area contributed by atoms with Crippen LogP contribution in [0.1, 0.15) is 53.2 Å². The average Bonchev–Trinajstić information content (AvgIpc) is 3.25. The fourth-order valence-corrected chi connectivity index (χ4v) is 5.63. The van der Waals surface area contributed by atoms with Crippen LogP contribution in [0.4, 0.5) is 0 Å². The van der Waals surface area contributed by atoms with Crippen molar-refractivity contribution in [3.8, 4) is 0 Å². The number of hydrogen-bond acceptors (Lipinski definition) is 9. The third kappa shape index (κ3) is 4.28. The zero-order chi connectivity index (χ0) is 24.1. The molecule has 3 heterocycles. The predicted molar refractivity (Wildman–Crippen MR) is 113 cm³/mol. The quantitative estimate of drug-likeness (QED) is 0.346. The first kappa shape index (κ1) is 25.0. The molecule has 2 aromatic heterocycles. The molecule has 0 bridgehead atoms. The molecule has 13 heteroatoms. The largest absolute Gasteiger partial charge is 0.388 e. The van der Waals surface area contributed by atoms with Gasteiger partial charge in [-0.2, -0.15) is 0 Å². The van der Waals surface area contributed by atoms with Gasteiger partial charge >= 0.3 is 7.60 Å². The van der Waals surface area contributed by atoms with Crippen LogP contribution in [-0.2, 0) is 20.9 Å². The van der Waals surface area contributed by atoms with Gasteiger partial charge in [-0.15, -0.1) is 0 Å². The van der Waals surface area contributed by atoms with Gasteiger partial charge < -0.3 is 34.0 Å². The Morgan fingerprint density at radius 1 is 1.22 bits per heavy atom. The second-order valence-electron chi connectivity index (χ2n) is 8.84. The van der Waals surface area contributed by atoms with E-state index >= 15 is 0 Å². The molecule has 0 radical (unpaired) electrons. The number of aromatic nitrogens is 4. The fraction of sp³-hybridized carbons (Fsp3) is 0.737. The normalized spacial score (nSPS) is 26.5. The number of fused-ring (bicyclic) bond motifs is 1. The highest BCUT2D eigenvalue weighted by Gasteiger charge is 2.51. The highest BCUT2D eigenvalue weighted by molar-refractivity contribution is 7.54. The lowest BCUT2D eigenvalue weighted by molar-refractivity contribution is -0.0642. The Labute approximate surface area is 185 Å². The van der Waals surface area contributed by atoms with E-state index in [2.05, 4.69) is 9.97 Å². The summed E-state index contributed by atoms with van der Waals surface area (Å²) in [5.41, 5.74) is -0.505. The second-order valence-corrected chi connectivity index (χ2v) is 10.9. The molecule has 0 spiro atoms. The number of hydrogen-bond donors (Lipinski definition) is 5. The minimum absolute atomic E-state index is 0.0332. The predicted octanol–water partition coefficient (Wildman–Crippen LogP) is 0.748. The van der Waals surface area contributed by atoms with E-state index in [1.54, 1.807) is 34.7 Å². The molecule has 32 heavy (non-hydrogen) atoms. The zero-order valence-corrected chi connectivity index (χ0v) is 19.7. The van der Waals surface area contributed by atoms with E-state index in [9.17, 15) is 24.8 Å². The second kappa shape index (κ2) is 8.60. The molecule has 5 atom stereocenters. The molecule has 1 saturated heterocycles. The topological polar surface area (TPSA) is 176 Å². The number of aryl methyl sites for hydroxylation is 1. The van der Waals surface area contributed by atoms with Crippen molar-refractivity contribution in [1.82, 2.24) is 19.1 Å². The molecule has 3 unspecified atom stereocenters. The molecular weight excluding hydrogens is 441 g/mol. The van der Waals surface area contributed by atoms with Crippen molar-refractivity contribution < 1.29 is 34.0 Å². The summed E-state index contributed by atoms with van der Waals surface area (Å²) in [6.45, 7) is 6.30. The van der Waals surface area contributed by atoms with E-state index in [4.69, 9.17) is 14.7 Å². The molecule has 5 N–H and O–H groups in total. The molecule has 1 fully saturated rings. The molecule has 0 aromatic carbocycles. The van der Waals surface area contributed by atoms with Gasteiger partial charge in [-0.1, -0.05) is 13.8 Å². The SMILES string of the molecule is CCC(O)(CC)P(=O)(O)OC(C)(C)CC1O[C@@H](n2cnc3c(=N)n(C)cnc32)[C@H](O)C1O. The maximum Gasteiger partial charge on any atom is 0.359 e. The van der Waals surface area contributed by atoms with Gasteiger partial charge in [-0.25, -0.2) is 9.97 Å². The van der Waals surface area contributed by atoms with Gasteiger partial charge in [0.2, 0.25) is 0 Å². The van der Waals surface area contributed by atoms with Crippen molar-refractivity contribution in [3.05, 3.63) is 18.1 Å². The van der Waals surface area contributed by atoms with E-state index in [0.717, 1.165) is 0 Å². The van der Waals surface area contributed by atoms with Gasteiger partial charge in [0.15, 0.2) is 22.7 Å². The summed E-state index contributed by atoms with van der Waals surface area (Å²) in [7, 11) is -2.77. The molecule has 12 nitrogen and oxygen atoms in total. The first-order chi connectivity index (χ1) is 14.8. The van der Waals surface area contributed by atoms with Gasteiger partial charge in [0.05, 0.1) is 24.4 Å². The number of ether oxygens (including phenoxy) is 1. The molecule has 2 aromatic rings. The van der Waals surface area contributed by atoms with Crippen molar-refractivity contribution in [2.45, 2.75) is 82.4 Å². The van der Waals surface area contributed by atoms with Gasteiger partial charge in [-0.05, 0) is 26.7 Å². The lowest BCUT2D eigenvalue weighted by Gasteiger charge is -2.37. The Bertz CT molecular complexity index is 1080. The van der Waals surface area contributed by atoms with Crippen LogP contribution in [0, 0.1) is 5.41 Å². The summed E-state index contributed by atoms with van der Waals surface area (Å²) in [4.78, 5) is 18.8.